The number of hydrogen-bond acceptors (Lipinski definition) is 2. The van der Waals surface area contributed by atoms with Crippen molar-refractivity contribution in [1.82, 2.24) is 9.78 Å². The van der Waals surface area contributed by atoms with E-state index in [-0.39, 0.29) is 13.0 Å². The van der Waals surface area contributed by atoms with Gasteiger partial charge in [-0.1, -0.05) is 6.07 Å². The molecule has 0 amide bonds. The fourth-order valence-corrected chi connectivity index (χ4v) is 3.03. The molecule has 1 aromatic heterocycles. The van der Waals surface area contributed by atoms with E-state index in [0.29, 0.717) is 0 Å². The first kappa shape index (κ1) is 14.2. The topological polar surface area (TPSA) is 38.1 Å². The van der Waals surface area contributed by atoms with Crippen LogP contribution in [0.15, 0.2) is 18.2 Å². The summed E-state index contributed by atoms with van der Waals surface area (Å²) in [6.07, 6.45) is -0.0489. The summed E-state index contributed by atoms with van der Waals surface area (Å²) in [5.41, 5.74) is 0.701. The molecular weight excluding hydrogens is 377 g/mol. The van der Waals surface area contributed by atoms with E-state index in [2.05, 4.69) is 27.7 Å². The number of benzene rings is 1. The third-order valence-electron chi connectivity index (χ3n) is 3.76. The Labute approximate surface area is 129 Å². The van der Waals surface area contributed by atoms with E-state index in [0.717, 1.165) is 20.2 Å². The van der Waals surface area contributed by atoms with E-state index < -0.39 is 17.4 Å². The van der Waals surface area contributed by atoms with Crippen molar-refractivity contribution in [1.29, 1.82) is 0 Å². The van der Waals surface area contributed by atoms with Crippen LogP contribution < -0.4 is 0 Å². The lowest BCUT2D eigenvalue weighted by Crippen LogP contribution is -2.15. The van der Waals surface area contributed by atoms with Gasteiger partial charge in [0.05, 0.1) is 17.7 Å². The average molecular weight is 392 g/mol. The first-order valence-electron chi connectivity index (χ1n) is 6.45. The number of alkyl halides is 2. The van der Waals surface area contributed by atoms with Gasteiger partial charge in [0.15, 0.2) is 0 Å². The summed E-state index contributed by atoms with van der Waals surface area (Å²) in [7, 11) is 0. The van der Waals surface area contributed by atoms with Gasteiger partial charge in [0.2, 0.25) is 0 Å². The molecule has 6 heteroatoms. The Morgan fingerprint density at radius 1 is 1.50 bits per heavy atom. The second-order valence-corrected chi connectivity index (χ2v) is 6.95. The molecule has 1 aliphatic rings. The summed E-state index contributed by atoms with van der Waals surface area (Å²) in [6.45, 7) is 3.68. The van der Waals surface area contributed by atoms with Crippen molar-refractivity contribution in [3.05, 3.63) is 27.5 Å². The van der Waals surface area contributed by atoms with E-state index in [4.69, 9.17) is 0 Å². The minimum atomic E-state index is -2.53. The lowest BCUT2D eigenvalue weighted by atomic mass is 9.97. The second-order valence-electron chi connectivity index (χ2n) is 5.93. The summed E-state index contributed by atoms with van der Waals surface area (Å²) in [5.74, 6) is -3.13. The van der Waals surface area contributed by atoms with Crippen LogP contribution in [0.25, 0.3) is 10.9 Å². The summed E-state index contributed by atoms with van der Waals surface area (Å²) in [6, 6.07) is 5.55. The zero-order valence-corrected chi connectivity index (χ0v) is 13.4. The van der Waals surface area contributed by atoms with Gasteiger partial charge in [-0.05, 0) is 54.1 Å². The number of hydrogen-bond donors (Lipinski definition) is 1. The molecule has 1 unspecified atom stereocenters. The average Bonchev–Trinajstić information content (AvgIpc) is 2.80. The van der Waals surface area contributed by atoms with Crippen molar-refractivity contribution in [2.45, 2.75) is 38.3 Å². The fourth-order valence-electron chi connectivity index (χ4n) is 2.34. The molecule has 1 fully saturated rings. The highest BCUT2D eigenvalue weighted by atomic mass is 127. The Hall–Kier alpha value is -0.760. The molecule has 1 N–H and O–H groups in total. The molecule has 0 spiro atoms. The second kappa shape index (κ2) is 4.37. The molecule has 0 aliphatic heterocycles. The van der Waals surface area contributed by atoms with Gasteiger partial charge in [-0.15, -0.1) is 0 Å². The molecule has 1 aromatic carbocycles. The smallest absolute Gasteiger partial charge is 0.253 e. The van der Waals surface area contributed by atoms with E-state index in [1.165, 1.54) is 0 Å². The van der Waals surface area contributed by atoms with Crippen LogP contribution in [0.1, 0.15) is 25.8 Å². The van der Waals surface area contributed by atoms with Crippen molar-refractivity contribution < 1.29 is 13.9 Å². The van der Waals surface area contributed by atoms with Crippen LogP contribution >= 0.6 is 22.6 Å². The number of nitrogens with zero attached hydrogens (tertiary/aromatic N) is 2. The maximum atomic E-state index is 13.0. The van der Waals surface area contributed by atoms with E-state index in [1.807, 2.05) is 18.2 Å². The summed E-state index contributed by atoms with van der Waals surface area (Å²) in [4.78, 5) is 0. The van der Waals surface area contributed by atoms with Crippen molar-refractivity contribution in [2.24, 2.45) is 5.92 Å². The third-order valence-corrected chi connectivity index (χ3v) is 4.56. The van der Waals surface area contributed by atoms with Crippen LogP contribution in [0.2, 0.25) is 0 Å². The lowest BCUT2D eigenvalue weighted by molar-refractivity contribution is 0.0787. The van der Waals surface area contributed by atoms with Crippen LogP contribution in [-0.2, 0) is 12.1 Å². The summed E-state index contributed by atoms with van der Waals surface area (Å²) < 4.78 is 28.5. The first-order valence-corrected chi connectivity index (χ1v) is 7.53. The predicted octanol–water partition coefficient (Wildman–Crippen LogP) is 3.52. The van der Waals surface area contributed by atoms with Gasteiger partial charge in [-0.3, -0.25) is 4.68 Å². The SMILES string of the molecule is CC(C)(O)c1ccc2c(c1)c(I)nn2CC1CC1(F)F. The minimum absolute atomic E-state index is 0.0489. The van der Waals surface area contributed by atoms with E-state index in [9.17, 15) is 13.9 Å². The number of aromatic nitrogens is 2. The van der Waals surface area contributed by atoms with Gasteiger partial charge in [0.25, 0.3) is 5.92 Å². The summed E-state index contributed by atoms with van der Waals surface area (Å²) >= 11 is 2.10. The number of fused-ring (bicyclic) bond motifs is 1. The standard InChI is InChI=1S/C14H15F2IN2O/c1-13(2,20)8-3-4-11-10(5-8)12(17)18-19(11)7-9-6-14(9,15)16/h3-5,9,20H,6-7H2,1-2H3. The Kier molecular flexibility index (Phi) is 3.10. The van der Waals surface area contributed by atoms with Gasteiger partial charge in [0.1, 0.15) is 3.70 Å². The Morgan fingerprint density at radius 3 is 2.70 bits per heavy atom. The van der Waals surface area contributed by atoms with Crippen LogP contribution in [0.3, 0.4) is 0 Å². The number of aliphatic hydroxyl groups is 1. The first-order chi connectivity index (χ1) is 9.18. The molecule has 1 atom stereocenters. The zero-order valence-electron chi connectivity index (χ0n) is 11.2. The lowest BCUT2D eigenvalue weighted by Gasteiger charge is -2.17. The molecule has 20 heavy (non-hydrogen) atoms. The molecule has 0 saturated heterocycles. The molecule has 3 nitrogen and oxygen atoms in total. The minimum Gasteiger partial charge on any atom is -0.386 e. The Morgan fingerprint density at radius 2 is 2.15 bits per heavy atom. The number of halogens is 3. The fraction of sp³-hybridized carbons (Fsp3) is 0.500. The van der Waals surface area contributed by atoms with Gasteiger partial charge < -0.3 is 5.11 Å². The molecule has 1 aliphatic carbocycles. The molecule has 1 heterocycles. The highest BCUT2D eigenvalue weighted by molar-refractivity contribution is 14.1. The van der Waals surface area contributed by atoms with E-state index in [1.54, 1.807) is 18.5 Å². The van der Waals surface area contributed by atoms with E-state index >= 15 is 0 Å². The highest BCUT2D eigenvalue weighted by Crippen LogP contribution is 2.49. The normalized spacial score (nSPS) is 21.4. The summed E-state index contributed by atoms with van der Waals surface area (Å²) in [5, 5.41) is 15.3. The quantitative estimate of drug-likeness (QED) is 0.812. The van der Waals surface area contributed by atoms with Crippen LogP contribution in [0.5, 0.6) is 0 Å². The Bertz CT molecular complexity index is 676. The van der Waals surface area contributed by atoms with Crippen molar-refractivity contribution >= 4 is 33.5 Å². The molecule has 0 bridgehead atoms. The van der Waals surface area contributed by atoms with Crippen LogP contribution in [0, 0.1) is 9.62 Å². The van der Waals surface area contributed by atoms with Crippen molar-refractivity contribution in [2.75, 3.05) is 0 Å². The maximum absolute atomic E-state index is 13.0. The van der Waals surface area contributed by atoms with Gasteiger partial charge >= 0.3 is 0 Å². The van der Waals surface area contributed by atoms with Crippen LogP contribution in [0.4, 0.5) is 8.78 Å². The zero-order chi connectivity index (χ0) is 14.7. The highest BCUT2D eigenvalue weighted by Gasteiger charge is 2.56. The molecule has 3 rings (SSSR count). The predicted molar refractivity (Wildman–Crippen MR) is 80.7 cm³/mol. The van der Waals surface area contributed by atoms with Gasteiger partial charge in [0, 0.05) is 17.7 Å². The maximum Gasteiger partial charge on any atom is 0.253 e. The molecule has 1 saturated carbocycles. The molecular formula is C14H15F2IN2O. The molecule has 0 radical (unpaired) electrons. The van der Waals surface area contributed by atoms with Crippen molar-refractivity contribution in [3.8, 4) is 0 Å². The largest absolute Gasteiger partial charge is 0.386 e. The molecule has 2 aromatic rings. The van der Waals surface area contributed by atoms with Crippen molar-refractivity contribution in [3.63, 3.8) is 0 Å². The van der Waals surface area contributed by atoms with Crippen LogP contribution in [-0.4, -0.2) is 20.8 Å². The monoisotopic (exact) mass is 392 g/mol. The van der Waals surface area contributed by atoms with Gasteiger partial charge in [-0.2, -0.15) is 5.10 Å². The molecule has 108 valence electrons. The third kappa shape index (κ3) is 2.43. The number of rotatable bonds is 3. The Balaban J connectivity index is 2.00. The van der Waals surface area contributed by atoms with Gasteiger partial charge in [-0.25, -0.2) is 8.78 Å².